The van der Waals surface area contributed by atoms with Gasteiger partial charge in [-0.15, -0.1) is 0 Å². The molecule has 2 aromatic carbocycles. The molecule has 1 N–H and O–H groups in total. The minimum atomic E-state index is -4.60. The van der Waals surface area contributed by atoms with E-state index in [0.29, 0.717) is 11.4 Å². The number of benzene rings is 2. The van der Waals surface area contributed by atoms with Crippen LogP contribution in [-0.4, -0.2) is 53.2 Å². The molecule has 226 valence electrons. The monoisotopic (exact) mass is 618 g/mol. The Morgan fingerprint density at radius 1 is 1.02 bits per heavy atom. The molecule has 0 saturated heterocycles. The first-order chi connectivity index (χ1) is 20.4. The molecule has 0 spiro atoms. The van der Waals surface area contributed by atoms with Gasteiger partial charge in [0.25, 0.3) is 5.56 Å². The number of aromatic nitrogens is 3. The minimum absolute atomic E-state index is 0.00638. The van der Waals surface area contributed by atoms with Gasteiger partial charge in [0.1, 0.15) is 17.5 Å². The van der Waals surface area contributed by atoms with Gasteiger partial charge in [0, 0.05) is 47.6 Å². The van der Waals surface area contributed by atoms with Crippen molar-refractivity contribution in [1.82, 2.24) is 14.3 Å². The van der Waals surface area contributed by atoms with E-state index >= 15 is 0 Å². The van der Waals surface area contributed by atoms with E-state index in [4.69, 9.17) is 25.8 Å². The number of amides is 1. The number of pyridine rings is 1. The second-order valence-electron chi connectivity index (χ2n) is 9.30. The molecular formula is C29H26ClF3N4O6. The third-order valence-corrected chi connectivity index (χ3v) is 6.51. The average molecular weight is 619 g/mol. The van der Waals surface area contributed by atoms with Crippen LogP contribution in [0.25, 0.3) is 11.1 Å². The first-order valence-corrected chi connectivity index (χ1v) is 13.0. The molecular weight excluding hydrogens is 593 g/mol. The maximum absolute atomic E-state index is 13.6. The van der Waals surface area contributed by atoms with Crippen molar-refractivity contribution in [2.75, 3.05) is 26.1 Å². The average Bonchev–Trinajstić information content (AvgIpc) is 3.39. The van der Waals surface area contributed by atoms with E-state index in [0.717, 1.165) is 10.6 Å². The highest BCUT2D eigenvalue weighted by atomic mass is 35.5. The fraction of sp³-hybridized carbons (Fsp3) is 0.241. The van der Waals surface area contributed by atoms with Gasteiger partial charge in [-0.05, 0) is 48.5 Å². The number of carbonyl (C=O) groups excluding carboxylic acids is 2. The lowest BCUT2D eigenvalue weighted by Crippen LogP contribution is -2.34. The van der Waals surface area contributed by atoms with Crippen molar-refractivity contribution in [1.29, 1.82) is 0 Å². The summed E-state index contributed by atoms with van der Waals surface area (Å²) in [6.45, 7) is -1.56. The summed E-state index contributed by atoms with van der Waals surface area (Å²) in [4.78, 5) is 38.9. The van der Waals surface area contributed by atoms with Crippen LogP contribution in [-0.2, 0) is 23.0 Å². The standard InChI is InChI=1S/C29H26ClF3N4O6/c1-36-11-10-20(35-36)13-23(27(39)34-19-7-4-17(5-8-19)28(40)42-3)37-15-25(41-2)22(14-26(37)38)21-12-18(30)6-9-24(21)43-16-29(31,32)33/h4-12,14-15,23H,13,16H2,1-3H3,(H,34,39). The van der Waals surface area contributed by atoms with Crippen molar-refractivity contribution in [2.24, 2.45) is 7.05 Å². The molecule has 4 rings (SSSR count). The normalized spacial score (nSPS) is 12.0. The number of carbonyl (C=O) groups is 2. The molecule has 1 atom stereocenters. The summed E-state index contributed by atoms with van der Waals surface area (Å²) in [5.41, 5.74) is 0.687. The second kappa shape index (κ2) is 13.0. The zero-order valence-electron chi connectivity index (χ0n) is 23.1. The Kier molecular flexibility index (Phi) is 9.44. The molecule has 0 aliphatic heterocycles. The Hall–Kier alpha value is -4.78. The van der Waals surface area contributed by atoms with E-state index in [9.17, 15) is 27.6 Å². The molecule has 0 bridgehead atoms. The number of anilines is 1. The SMILES string of the molecule is COC(=O)c1ccc(NC(=O)C(Cc2ccn(C)n2)n2cc(OC)c(-c3cc(Cl)ccc3OCC(F)(F)F)cc2=O)cc1. The molecule has 10 nitrogen and oxygen atoms in total. The lowest BCUT2D eigenvalue weighted by atomic mass is 10.0. The molecule has 0 saturated carbocycles. The van der Waals surface area contributed by atoms with Gasteiger partial charge < -0.3 is 19.5 Å². The van der Waals surface area contributed by atoms with Crippen molar-refractivity contribution in [3.63, 3.8) is 0 Å². The van der Waals surface area contributed by atoms with Crippen LogP contribution in [0.5, 0.6) is 11.5 Å². The van der Waals surface area contributed by atoms with Crippen LogP contribution < -0.4 is 20.3 Å². The fourth-order valence-electron chi connectivity index (χ4n) is 4.26. The number of methoxy groups -OCH3 is 2. The van der Waals surface area contributed by atoms with E-state index in [-0.39, 0.29) is 39.6 Å². The van der Waals surface area contributed by atoms with Gasteiger partial charge in [0.2, 0.25) is 5.91 Å². The van der Waals surface area contributed by atoms with Crippen LogP contribution in [0, 0.1) is 0 Å². The summed E-state index contributed by atoms with van der Waals surface area (Å²) >= 11 is 6.13. The lowest BCUT2D eigenvalue weighted by Gasteiger charge is -2.21. The van der Waals surface area contributed by atoms with Gasteiger partial charge in [0.15, 0.2) is 6.61 Å². The highest BCUT2D eigenvalue weighted by molar-refractivity contribution is 6.31. The van der Waals surface area contributed by atoms with Gasteiger partial charge in [-0.3, -0.25) is 18.8 Å². The topological polar surface area (TPSA) is 114 Å². The summed E-state index contributed by atoms with van der Waals surface area (Å²) in [5, 5.41) is 7.25. The van der Waals surface area contributed by atoms with Crippen LogP contribution >= 0.6 is 11.6 Å². The zero-order valence-corrected chi connectivity index (χ0v) is 23.9. The van der Waals surface area contributed by atoms with E-state index in [2.05, 4.69) is 10.4 Å². The largest absolute Gasteiger partial charge is 0.495 e. The number of hydrogen-bond donors (Lipinski definition) is 1. The van der Waals surface area contributed by atoms with Crippen molar-refractivity contribution in [3.05, 3.63) is 93.6 Å². The number of alkyl halides is 3. The van der Waals surface area contributed by atoms with Crippen LogP contribution in [0.1, 0.15) is 22.1 Å². The number of halogens is 4. The van der Waals surface area contributed by atoms with Gasteiger partial charge in [-0.1, -0.05) is 11.6 Å². The third kappa shape index (κ3) is 7.74. The number of nitrogens with one attached hydrogen (secondary N) is 1. The fourth-order valence-corrected chi connectivity index (χ4v) is 4.44. The molecule has 0 fully saturated rings. The van der Waals surface area contributed by atoms with E-state index in [1.165, 1.54) is 62.9 Å². The van der Waals surface area contributed by atoms with Crippen molar-refractivity contribution in [3.8, 4) is 22.6 Å². The smallest absolute Gasteiger partial charge is 0.422 e. The van der Waals surface area contributed by atoms with Gasteiger partial charge >= 0.3 is 12.1 Å². The Balaban J connectivity index is 1.75. The van der Waals surface area contributed by atoms with Crippen molar-refractivity contribution in [2.45, 2.75) is 18.6 Å². The molecule has 0 radical (unpaired) electrons. The second-order valence-corrected chi connectivity index (χ2v) is 9.74. The molecule has 14 heteroatoms. The zero-order chi connectivity index (χ0) is 31.3. The van der Waals surface area contributed by atoms with E-state index in [1.807, 2.05) is 0 Å². The Morgan fingerprint density at radius 3 is 2.33 bits per heavy atom. The molecule has 0 aliphatic rings. The number of hydrogen-bond acceptors (Lipinski definition) is 7. The Morgan fingerprint density at radius 2 is 1.72 bits per heavy atom. The number of esters is 1. The maximum Gasteiger partial charge on any atom is 0.422 e. The predicted molar refractivity (Wildman–Crippen MR) is 152 cm³/mol. The first-order valence-electron chi connectivity index (χ1n) is 12.7. The van der Waals surface area contributed by atoms with Crippen LogP contribution in [0.3, 0.4) is 0 Å². The first kappa shape index (κ1) is 31.2. The predicted octanol–water partition coefficient (Wildman–Crippen LogP) is 5.06. The quantitative estimate of drug-likeness (QED) is 0.247. The van der Waals surface area contributed by atoms with E-state index in [1.54, 1.807) is 24.0 Å². The highest BCUT2D eigenvalue weighted by Crippen LogP contribution is 2.38. The summed E-state index contributed by atoms with van der Waals surface area (Å²) in [6, 6.07) is 11.6. The van der Waals surface area contributed by atoms with Crippen LogP contribution in [0.2, 0.25) is 5.02 Å². The number of ether oxygens (including phenoxy) is 3. The van der Waals surface area contributed by atoms with Crippen LogP contribution in [0.15, 0.2) is 71.8 Å². The number of rotatable bonds is 10. The Labute approximate surface area is 248 Å². The summed E-state index contributed by atoms with van der Waals surface area (Å²) in [6.07, 6.45) is -1.62. The summed E-state index contributed by atoms with van der Waals surface area (Å²) in [5.74, 6) is -1.23. The molecule has 1 unspecified atom stereocenters. The van der Waals surface area contributed by atoms with E-state index < -0.39 is 36.3 Å². The Bertz CT molecular complexity index is 1680. The molecule has 4 aromatic rings. The molecule has 2 aromatic heterocycles. The van der Waals surface area contributed by atoms with Gasteiger partial charge in [0.05, 0.1) is 31.7 Å². The number of nitrogens with zero attached hydrogens (tertiary/aromatic N) is 3. The van der Waals surface area contributed by atoms with Gasteiger partial charge in [-0.25, -0.2) is 4.79 Å². The minimum Gasteiger partial charge on any atom is -0.495 e. The summed E-state index contributed by atoms with van der Waals surface area (Å²) in [7, 11) is 4.26. The molecule has 43 heavy (non-hydrogen) atoms. The van der Waals surface area contributed by atoms with Crippen molar-refractivity contribution < 1.29 is 37.0 Å². The maximum atomic E-state index is 13.6. The third-order valence-electron chi connectivity index (χ3n) is 6.27. The highest BCUT2D eigenvalue weighted by Gasteiger charge is 2.30. The van der Waals surface area contributed by atoms with Crippen molar-refractivity contribution >= 4 is 29.2 Å². The molecule has 2 heterocycles. The van der Waals surface area contributed by atoms with Gasteiger partial charge in [-0.2, -0.15) is 18.3 Å². The number of aryl methyl sites for hydroxylation is 1. The summed E-state index contributed by atoms with van der Waals surface area (Å²) < 4.78 is 56.6. The molecule has 1 amide bonds. The molecule has 0 aliphatic carbocycles. The lowest BCUT2D eigenvalue weighted by molar-refractivity contribution is -0.153. The van der Waals surface area contributed by atoms with Crippen LogP contribution in [0.4, 0.5) is 18.9 Å².